The van der Waals surface area contributed by atoms with Gasteiger partial charge in [0.25, 0.3) is 0 Å². The number of aromatic nitrogens is 4. The molecular weight excluding hydrogens is 381 g/mol. The highest BCUT2D eigenvalue weighted by atomic mass is 35.5. The molecule has 0 atom stereocenters. The number of carbonyl (C=O) groups excluding carboxylic acids is 1. The fourth-order valence-corrected chi connectivity index (χ4v) is 3.19. The Morgan fingerprint density at radius 1 is 1.12 bits per heavy atom. The second-order valence-corrected chi connectivity index (χ2v) is 6.86. The summed E-state index contributed by atoms with van der Waals surface area (Å²) in [6, 6.07) is 14.5. The van der Waals surface area contributed by atoms with Crippen molar-refractivity contribution in [3.8, 4) is 5.69 Å². The number of tetrazole rings is 1. The molecule has 1 heterocycles. The minimum absolute atomic E-state index is 0.120. The number of carbonyl (C=O) groups is 1. The summed E-state index contributed by atoms with van der Waals surface area (Å²) in [6.07, 6.45) is 0. The first-order valence-corrected chi connectivity index (χ1v) is 9.04. The lowest BCUT2D eigenvalue weighted by Crippen LogP contribution is -2.24. The van der Waals surface area contributed by atoms with Gasteiger partial charge in [-0.2, -0.15) is 4.68 Å². The molecule has 0 fully saturated rings. The zero-order valence-corrected chi connectivity index (χ0v) is 15.2. The Balaban J connectivity index is 1.57. The summed E-state index contributed by atoms with van der Waals surface area (Å²) in [6.45, 7) is 0.416. The number of benzene rings is 2. The molecule has 0 radical (unpaired) electrons. The maximum atomic E-state index is 12.0. The van der Waals surface area contributed by atoms with E-state index in [9.17, 15) is 4.79 Å². The fraction of sp³-hybridized carbons (Fsp3) is 0.125. The van der Waals surface area contributed by atoms with Gasteiger partial charge in [-0.05, 0) is 46.3 Å². The lowest BCUT2D eigenvalue weighted by molar-refractivity contribution is -0.118. The maximum absolute atomic E-state index is 12.0. The number of hydrogen-bond acceptors (Lipinski definition) is 5. The Morgan fingerprint density at radius 2 is 1.88 bits per heavy atom. The highest BCUT2D eigenvalue weighted by Gasteiger charge is 2.11. The predicted molar refractivity (Wildman–Crippen MR) is 98.2 cm³/mol. The standard InChI is InChI=1S/C16H13Cl2N5OS/c17-12-4-1-3-11(7-12)9-19-15(24)10-25-16-20-21-22-23(16)14-6-2-5-13(18)8-14/h1-8H,9-10H2,(H,19,24). The first-order chi connectivity index (χ1) is 12.1. The fourth-order valence-electron chi connectivity index (χ4n) is 2.07. The molecule has 0 spiro atoms. The predicted octanol–water partition coefficient (Wildman–Crippen LogP) is 3.38. The molecule has 128 valence electrons. The summed E-state index contributed by atoms with van der Waals surface area (Å²) in [4.78, 5) is 12.0. The van der Waals surface area contributed by atoms with Gasteiger partial charge < -0.3 is 5.32 Å². The van der Waals surface area contributed by atoms with E-state index in [0.717, 1.165) is 11.3 Å². The maximum Gasteiger partial charge on any atom is 0.230 e. The molecule has 0 aliphatic heterocycles. The largest absolute Gasteiger partial charge is 0.351 e. The SMILES string of the molecule is O=C(CSc1nnnn1-c1cccc(Cl)c1)NCc1cccc(Cl)c1. The first kappa shape index (κ1) is 17.7. The van der Waals surface area contributed by atoms with Gasteiger partial charge in [0.2, 0.25) is 11.1 Å². The number of nitrogens with zero attached hydrogens (tertiary/aromatic N) is 4. The second kappa shape index (κ2) is 8.33. The van der Waals surface area contributed by atoms with Crippen LogP contribution in [-0.2, 0) is 11.3 Å². The van der Waals surface area contributed by atoms with Crippen LogP contribution >= 0.6 is 35.0 Å². The van der Waals surface area contributed by atoms with Gasteiger partial charge in [0.15, 0.2) is 0 Å². The minimum atomic E-state index is -0.120. The van der Waals surface area contributed by atoms with Crippen molar-refractivity contribution >= 4 is 40.9 Å². The number of nitrogens with one attached hydrogen (secondary N) is 1. The Bertz CT molecular complexity index is 886. The summed E-state index contributed by atoms with van der Waals surface area (Å²) in [5.74, 6) is 0.0761. The van der Waals surface area contributed by atoms with Crippen molar-refractivity contribution in [3.63, 3.8) is 0 Å². The number of thioether (sulfide) groups is 1. The molecule has 0 unspecified atom stereocenters. The van der Waals surface area contributed by atoms with Crippen molar-refractivity contribution in [3.05, 3.63) is 64.1 Å². The molecule has 0 saturated heterocycles. The molecule has 1 N–H and O–H groups in total. The van der Waals surface area contributed by atoms with E-state index in [0.29, 0.717) is 21.7 Å². The van der Waals surface area contributed by atoms with E-state index in [4.69, 9.17) is 23.2 Å². The van der Waals surface area contributed by atoms with E-state index in [1.165, 1.54) is 11.8 Å². The summed E-state index contributed by atoms with van der Waals surface area (Å²) in [7, 11) is 0. The third-order valence-electron chi connectivity index (χ3n) is 3.20. The van der Waals surface area contributed by atoms with Crippen LogP contribution in [0.4, 0.5) is 0 Å². The molecule has 6 nitrogen and oxygen atoms in total. The molecule has 0 aliphatic carbocycles. The van der Waals surface area contributed by atoms with Crippen molar-refractivity contribution in [2.24, 2.45) is 0 Å². The third-order valence-corrected chi connectivity index (χ3v) is 4.59. The van der Waals surface area contributed by atoms with Crippen LogP contribution in [0.15, 0.2) is 53.7 Å². The average Bonchev–Trinajstić information content (AvgIpc) is 3.07. The average molecular weight is 394 g/mol. The number of hydrogen-bond donors (Lipinski definition) is 1. The number of rotatable bonds is 6. The van der Waals surface area contributed by atoms with Crippen molar-refractivity contribution < 1.29 is 4.79 Å². The zero-order chi connectivity index (χ0) is 17.6. The van der Waals surface area contributed by atoms with Crippen LogP contribution in [0.1, 0.15) is 5.56 Å². The van der Waals surface area contributed by atoms with Gasteiger partial charge in [-0.15, -0.1) is 5.10 Å². The quantitative estimate of drug-likeness (QED) is 0.649. The lowest BCUT2D eigenvalue weighted by atomic mass is 10.2. The molecule has 3 aromatic rings. The van der Waals surface area contributed by atoms with Crippen molar-refractivity contribution in [1.82, 2.24) is 25.5 Å². The Morgan fingerprint density at radius 3 is 2.64 bits per heavy atom. The van der Waals surface area contributed by atoms with Gasteiger partial charge in [0.1, 0.15) is 0 Å². The van der Waals surface area contributed by atoms with Crippen LogP contribution in [0.3, 0.4) is 0 Å². The Hall–Kier alpha value is -2.09. The van der Waals surface area contributed by atoms with E-state index in [2.05, 4.69) is 20.8 Å². The molecule has 9 heteroatoms. The van der Waals surface area contributed by atoms with Crippen LogP contribution in [-0.4, -0.2) is 31.9 Å². The molecule has 2 aromatic carbocycles. The smallest absolute Gasteiger partial charge is 0.230 e. The molecule has 1 amide bonds. The van der Waals surface area contributed by atoms with Gasteiger partial charge in [-0.1, -0.05) is 53.2 Å². The van der Waals surface area contributed by atoms with Crippen LogP contribution in [0.2, 0.25) is 10.0 Å². The van der Waals surface area contributed by atoms with E-state index >= 15 is 0 Å². The highest BCUT2D eigenvalue weighted by Crippen LogP contribution is 2.20. The summed E-state index contributed by atoms with van der Waals surface area (Å²) in [5, 5.41) is 16.1. The van der Waals surface area contributed by atoms with Crippen molar-refractivity contribution in [2.45, 2.75) is 11.7 Å². The molecule has 0 aliphatic rings. The van der Waals surface area contributed by atoms with Gasteiger partial charge in [-0.25, -0.2) is 0 Å². The molecule has 1 aromatic heterocycles. The van der Waals surface area contributed by atoms with Crippen LogP contribution in [0, 0.1) is 0 Å². The normalized spacial score (nSPS) is 10.6. The summed E-state index contributed by atoms with van der Waals surface area (Å²) >= 11 is 13.2. The first-order valence-electron chi connectivity index (χ1n) is 7.30. The molecule has 25 heavy (non-hydrogen) atoms. The van der Waals surface area contributed by atoms with E-state index in [-0.39, 0.29) is 11.7 Å². The topological polar surface area (TPSA) is 72.7 Å². The molecule has 0 saturated carbocycles. The number of amides is 1. The Labute approximate surface area is 158 Å². The van der Waals surface area contributed by atoms with Crippen molar-refractivity contribution in [2.75, 3.05) is 5.75 Å². The van der Waals surface area contributed by atoms with E-state index in [1.807, 2.05) is 30.3 Å². The van der Waals surface area contributed by atoms with Gasteiger partial charge in [-0.3, -0.25) is 4.79 Å². The minimum Gasteiger partial charge on any atom is -0.351 e. The second-order valence-electron chi connectivity index (χ2n) is 5.05. The number of halogens is 2. The van der Waals surface area contributed by atoms with E-state index in [1.54, 1.807) is 22.9 Å². The van der Waals surface area contributed by atoms with Crippen LogP contribution in [0.5, 0.6) is 0 Å². The van der Waals surface area contributed by atoms with Crippen molar-refractivity contribution in [1.29, 1.82) is 0 Å². The van der Waals surface area contributed by atoms with Crippen LogP contribution in [0.25, 0.3) is 5.69 Å². The van der Waals surface area contributed by atoms with E-state index < -0.39 is 0 Å². The van der Waals surface area contributed by atoms with Gasteiger partial charge in [0.05, 0.1) is 11.4 Å². The molecule has 0 bridgehead atoms. The lowest BCUT2D eigenvalue weighted by Gasteiger charge is -2.06. The summed E-state index contributed by atoms with van der Waals surface area (Å²) < 4.78 is 1.54. The van der Waals surface area contributed by atoms with Crippen LogP contribution < -0.4 is 5.32 Å². The zero-order valence-electron chi connectivity index (χ0n) is 12.9. The summed E-state index contributed by atoms with van der Waals surface area (Å²) in [5.41, 5.74) is 1.67. The monoisotopic (exact) mass is 393 g/mol. The van der Waals surface area contributed by atoms with Gasteiger partial charge >= 0.3 is 0 Å². The highest BCUT2D eigenvalue weighted by molar-refractivity contribution is 7.99. The molecule has 3 rings (SSSR count). The third kappa shape index (κ3) is 4.94. The van der Waals surface area contributed by atoms with Gasteiger partial charge in [0, 0.05) is 16.6 Å². The Kier molecular flexibility index (Phi) is 5.91. The molecular formula is C16H13Cl2N5OS.